The third-order valence-corrected chi connectivity index (χ3v) is 6.49. The van der Waals surface area contributed by atoms with Gasteiger partial charge in [-0.15, -0.1) is 0 Å². The standard InChI is InChI=1S/C24H15BrClIN2O6/c1-33-21-10-14(8-17(25)22(21)34-12-13-2-5-16(27)6-3-13)9-19-24(30)35-23(28-19)15-4-7-18(26)20(11-15)29(31)32/h2-11H,12H2,1H3/b19-9-. The number of aliphatic imine (C=N–C) groups is 1. The number of nitro groups is 1. The maximum absolute atomic E-state index is 12.4. The van der Waals surface area contributed by atoms with E-state index in [0.29, 0.717) is 28.1 Å². The molecule has 0 aromatic heterocycles. The highest BCUT2D eigenvalue weighted by Crippen LogP contribution is 2.38. The molecular formula is C24H15BrClIN2O6. The molecule has 1 heterocycles. The first-order chi connectivity index (χ1) is 16.7. The molecule has 3 aromatic rings. The summed E-state index contributed by atoms with van der Waals surface area (Å²) in [6.45, 7) is 0.347. The summed E-state index contributed by atoms with van der Waals surface area (Å²) in [6, 6.07) is 15.5. The second-order valence-electron chi connectivity index (χ2n) is 7.21. The third-order valence-electron chi connectivity index (χ3n) is 4.86. The number of hydrogen-bond donors (Lipinski definition) is 0. The number of halogens is 3. The lowest BCUT2D eigenvalue weighted by Crippen LogP contribution is -2.06. The van der Waals surface area contributed by atoms with Crippen molar-refractivity contribution in [3.8, 4) is 11.5 Å². The van der Waals surface area contributed by atoms with Crippen LogP contribution in [0.3, 0.4) is 0 Å². The quantitative estimate of drug-likeness (QED) is 0.0931. The fourth-order valence-electron chi connectivity index (χ4n) is 3.18. The zero-order valence-corrected chi connectivity index (χ0v) is 22.5. The van der Waals surface area contributed by atoms with E-state index in [-0.39, 0.29) is 27.9 Å². The van der Waals surface area contributed by atoms with Crippen LogP contribution in [0.25, 0.3) is 6.08 Å². The zero-order valence-electron chi connectivity index (χ0n) is 18.0. The fraction of sp³-hybridized carbons (Fsp3) is 0.0833. The molecule has 1 aliphatic rings. The molecule has 0 unspecified atom stereocenters. The summed E-state index contributed by atoms with van der Waals surface area (Å²) in [5.74, 6) is 0.233. The van der Waals surface area contributed by atoms with Crippen molar-refractivity contribution in [1.29, 1.82) is 0 Å². The molecule has 0 aliphatic carbocycles. The van der Waals surface area contributed by atoms with Crippen molar-refractivity contribution in [1.82, 2.24) is 0 Å². The topological polar surface area (TPSA) is 100 Å². The highest BCUT2D eigenvalue weighted by atomic mass is 127. The lowest BCUT2D eigenvalue weighted by molar-refractivity contribution is -0.384. The highest BCUT2D eigenvalue weighted by molar-refractivity contribution is 14.1. The number of benzene rings is 3. The maximum Gasteiger partial charge on any atom is 0.363 e. The van der Waals surface area contributed by atoms with Crippen LogP contribution in [0.4, 0.5) is 5.69 Å². The number of nitro benzene ring substituents is 1. The van der Waals surface area contributed by atoms with Crippen LogP contribution in [-0.2, 0) is 16.1 Å². The summed E-state index contributed by atoms with van der Waals surface area (Å²) in [6.07, 6.45) is 1.52. The molecule has 1 aliphatic heterocycles. The Balaban J connectivity index is 1.60. The Morgan fingerprint density at radius 3 is 2.63 bits per heavy atom. The molecule has 0 radical (unpaired) electrons. The summed E-state index contributed by atoms with van der Waals surface area (Å²) in [5.41, 5.74) is 1.59. The maximum atomic E-state index is 12.4. The van der Waals surface area contributed by atoms with Crippen molar-refractivity contribution >= 4 is 73.8 Å². The summed E-state index contributed by atoms with van der Waals surface area (Å²) in [4.78, 5) is 27.1. The first kappa shape index (κ1) is 25.1. The van der Waals surface area contributed by atoms with Crippen molar-refractivity contribution in [2.24, 2.45) is 4.99 Å². The van der Waals surface area contributed by atoms with Gasteiger partial charge in [-0.05, 0) is 92.1 Å². The minimum absolute atomic E-state index is 0.0270. The molecule has 0 spiro atoms. The van der Waals surface area contributed by atoms with Crippen LogP contribution in [0, 0.1) is 13.7 Å². The van der Waals surface area contributed by atoms with Crippen LogP contribution in [-0.4, -0.2) is 23.9 Å². The minimum atomic E-state index is -0.688. The second kappa shape index (κ2) is 10.8. The van der Waals surface area contributed by atoms with Gasteiger partial charge in [-0.3, -0.25) is 10.1 Å². The number of carbonyl (C=O) groups is 1. The monoisotopic (exact) mass is 668 g/mol. The molecule has 0 fully saturated rings. The molecule has 4 rings (SSSR count). The molecule has 0 saturated heterocycles. The van der Waals surface area contributed by atoms with E-state index in [1.165, 1.54) is 31.4 Å². The van der Waals surface area contributed by atoms with Crippen LogP contribution in [0.15, 0.2) is 69.8 Å². The Hall–Kier alpha value is -2.96. The number of ether oxygens (including phenoxy) is 3. The van der Waals surface area contributed by atoms with Gasteiger partial charge >= 0.3 is 5.97 Å². The SMILES string of the molecule is COc1cc(/C=C2\N=C(c3ccc(Cl)c([N+](=O)[O-])c3)OC2=O)cc(Br)c1OCc1ccc(I)cc1. The number of esters is 1. The zero-order chi connectivity index (χ0) is 25.1. The van der Waals surface area contributed by atoms with Gasteiger partial charge in [-0.1, -0.05) is 23.7 Å². The Morgan fingerprint density at radius 1 is 1.20 bits per heavy atom. The van der Waals surface area contributed by atoms with Gasteiger partial charge < -0.3 is 14.2 Å². The van der Waals surface area contributed by atoms with E-state index >= 15 is 0 Å². The van der Waals surface area contributed by atoms with E-state index in [9.17, 15) is 14.9 Å². The molecule has 0 N–H and O–H groups in total. The molecule has 11 heteroatoms. The Bertz CT molecular complexity index is 1390. The number of nitrogens with zero attached hydrogens (tertiary/aromatic N) is 2. The van der Waals surface area contributed by atoms with Gasteiger partial charge in [0.15, 0.2) is 17.2 Å². The van der Waals surface area contributed by atoms with Crippen molar-refractivity contribution in [3.05, 3.63) is 100 Å². The van der Waals surface area contributed by atoms with E-state index < -0.39 is 10.9 Å². The lowest BCUT2D eigenvalue weighted by atomic mass is 10.1. The first-order valence-corrected chi connectivity index (χ1v) is 12.2. The van der Waals surface area contributed by atoms with Gasteiger partial charge in [0.05, 0.1) is 16.5 Å². The minimum Gasteiger partial charge on any atom is -0.493 e. The smallest absolute Gasteiger partial charge is 0.363 e. The van der Waals surface area contributed by atoms with Gasteiger partial charge in [0.2, 0.25) is 5.90 Å². The van der Waals surface area contributed by atoms with Crippen LogP contribution >= 0.6 is 50.1 Å². The molecule has 178 valence electrons. The van der Waals surface area contributed by atoms with Gasteiger partial charge in [-0.2, -0.15) is 0 Å². The lowest BCUT2D eigenvalue weighted by Gasteiger charge is -2.14. The average molecular weight is 670 g/mol. The van der Waals surface area contributed by atoms with Crippen molar-refractivity contribution in [2.75, 3.05) is 7.11 Å². The van der Waals surface area contributed by atoms with Crippen LogP contribution in [0.1, 0.15) is 16.7 Å². The Labute approximate surface area is 227 Å². The van der Waals surface area contributed by atoms with E-state index in [0.717, 1.165) is 9.13 Å². The Kier molecular flexibility index (Phi) is 7.72. The highest BCUT2D eigenvalue weighted by Gasteiger charge is 2.26. The van der Waals surface area contributed by atoms with Crippen molar-refractivity contribution in [3.63, 3.8) is 0 Å². The fourth-order valence-corrected chi connectivity index (χ4v) is 4.30. The van der Waals surface area contributed by atoms with Crippen LogP contribution in [0.2, 0.25) is 5.02 Å². The first-order valence-electron chi connectivity index (χ1n) is 9.97. The number of methoxy groups -OCH3 is 1. The van der Waals surface area contributed by atoms with E-state index in [4.69, 9.17) is 25.8 Å². The largest absolute Gasteiger partial charge is 0.493 e. The molecule has 0 atom stereocenters. The van der Waals surface area contributed by atoms with Gasteiger partial charge in [0.1, 0.15) is 11.6 Å². The molecule has 8 nitrogen and oxygen atoms in total. The molecule has 3 aromatic carbocycles. The van der Waals surface area contributed by atoms with Gasteiger partial charge in [0.25, 0.3) is 5.69 Å². The predicted molar refractivity (Wildman–Crippen MR) is 143 cm³/mol. The van der Waals surface area contributed by atoms with E-state index in [1.807, 2.05) is 24.3 Å². The van der Waals surface area contributed by atoms with Crippen molar-refractivity contribution < 1.29 is 23.9 Å². The summed E-state index contributed by atoms with van der Waals surface area (Å²) < 4.78 is 18.4. The molecular weight excluding hydrogens is 655 g/mol. The molecule has 0 amide bonds. The number of hydrogen-bond acceptors (Lipinski definition) is 7. The van der Waals surface area contributed by atoms with Crippen LogP contribution < -0.4 is 9.47 Å². The second-order valence-corrected chi connectivity index (χ2v) is 9.72. The molecule has 0 saturated carbocycles. The summed E-state index contributed by atoms with van der Waals surface area (Å²) in [5, 5.41) is 11.1. The predicted octanol–water partition coefficient (Wildman–Crippen LogP) is 6.55. The van der Waals surface area contributed by atoms with E-state index in [1.54, 1.807) is 12.1 Å². The average Bonchev–Trinajstić information content (AvgIpc) is 3.19. The molecule has 0 bridgehead atoms. The Morgan fingerprint density at radius 2 is 1.94 bits per heavy atom. The summed E-state index contributed by atoms with van der Waals surface area (Å²) >= 11 is 11.6. The van der Waals surface area contributed by atoms with Gasteiger partial charge in [0, 0.05) is 15.2 Å². The number of cyclic esters (lactones) is 1. The van der Waals surface area contributed by atoms with Crippen molar-refractivity contribution in [2.45, 2.75) is 6.61 Å². The number of rotatable bonds is 7. The summed E-state index contributed by atoms with van der Waals surface area (Å²) in [7, 11) is 1.52. The van der Waals surface area contributed by atoms with Crippen LogP contribution in [0.5, 0.6) is 11.5 Å². The normalized spacial score (nSPS) is 14.0. The van der Waals surface area contributed by atoms with E-state index in [2.05, 4.69) is 43.5 Å². The van der Waals surface area contributed by atoms with Gasteiger partial charge in [-0.25, -0.2) is 9.79 Å². The molecule has 35 heavy (non-hydrogen) atoms. The third kappa shape index (κ3) is 5.82. The number of carbonyl (C=O) groups excluding carboxylic acids is 1.